The maximum absolute atomic E-state index is 2.36. The van der Waals surface area contributed by atoms with Gasteiger partial charge in [0, 0.05) is 5.92 Å². The summed E-state index contributed by atoms with van der Waals surface area (Å²) in [5, 5.41) is 0. The molecule has 0 saturated carbocycles. The van der Waals surface area contributed by atoms with Gasteiger partial charge >= 0.3 is 0 Å². The van der Waals surface area contributed by atoms with Crippen LogP contribution in [-0.2, 0) is 0 Å². The standard InChI is InChI=1S/C18H22/c1-4-5-13-17-16(12-9-14-18(17,2)3)15-10-7-6-8-11-15/h5-14,17H,4H2,1-3H3. The van der Waals surface area contributed by atoms with Crippen LogP contribution >= 0.6 is 0 Å². The molecule has 2 rings (SSSR count). The fourth-order valence-electron chi connectivity index (χ4n) is 2.54. The SMILES string of the molecule is CCC=CC1C(c2ccccc2)=CC=CC1(C)C. The Hall–Kier alpha value is -1.56. The van der Waals surface area contributed by atoms with E-state index in [4.69, 9.17) is 0 Å². The van der Waals surface area contributed by atoms with E-state index in [1.165, 1.54) is 11.1 Å². The van der Waals surface area contributed by atoms with Crippen LogP contribution in [0.1, 0.15) is 32.8 Å². The van der Waals surface area contributed by atoms with Gasteiger partial charge in [-0.3, -0.25) is 0 Å². The summed E-state index contributed by atoms with van der Waals surface area (Å²) in [7, 11) is 0. The Kier molecular flexibility index (Phi) is 3.86. The Balaban J connectivity index is 2.40. The van der Waals surface area contributed by atoms with Crippen LogP contribution in [0.2, 0.25) is 0 Å². The van der Waals surface area contributed by atoms with E-state index in [0.717, 1.165) is 6.42 Å². The summed E-state index contributed by atoms with van der Waals surface area (Å²) in [6.07, 6.45) is 12.5. The number of hydrogen-bond acceptors (Lipinski definition) is 0. The second-order valence-electron chi connectivity index (χ2n) is 5.48. The molecule has 94 valence electrons. The van der Waals surface area contributed by atoms with Crippen molar-refractivity contribution in [3.63, 3.8) is 0 Å². The molecule has 1 unspecified atom stereocenters. The molecular formula is C18H22. The van der Waals surface area contributed by atoms with Crippen molar-refractivity contribution >= 4 is 5.57 Å². The average Bonchev–Trinajstić information content (AvgIpc) is 2.37. The highest BCUT2D eigenvalue weighted by molar-refractivity contribution is 5.72. The predicted molar refractivity (Wildman–Crippen MR) is 80.3 cm³/mol. The molecule has 0 heteroatoms. The highest BCUT2D eigenvalue weighted by Gasteiger charge is 2.30. The summed E-state index contributed by atoms with van der Waals surface area (Å²) in [5.41, 5.74) is 2.94. The molecule has 18 heavy (non-hydrogen) atoms. The Morgan fingerprint density at radius 2 is 1.89 bits per heavy atom. The van der Waals surface area contributed by atoms with Crippen molar-refractivity contribution in [1.29, 1.82) is 0 Å². The third-order valence-corrected chi connectivity index (χ3v) is 3.61. The van der Waals surface area contributed by atoms with Crippen molar-refractivity contribution in [3.8, 4) is 0 Å². The minimum Gasteiger partial charge on any atom is -0.0882 e. The van der Waals surface area contributed by atoms with Crippen molar-refractivity contribution in [2.24, 2.45) is 11.3 Å². The van der Waals surface area contributed by atoms with Gasteiger partial charge < -0.3 is 0 Å². The Morgan fingerprint density at radius 3 is 2.56 bits per heavy atom. The zero-order chi connectivity index (χ0) is 13.0. The molecular weight excluding hydrogens is 216 g/mol. The van der Waals surface area contributed by atoms with Crippen LogP contribution in [-0.4, -0.2) is 0 Å². The largest absolute Gasteiger partial charge is 0.0882 e. The molecule has 0 saturated heterocycles. The van der Waals surface area contributed by atoms with Gasteiger partial charge in [-0.25, -0.2) is 0 Å². The molecule has 1 aromatic rings. The molecule has 1 aliphatic rings. The molecule has 0 radical (unpaired) electrons. The van der Waals surface area contributed by atoms with Gasteiger partial charge in [-0.05, 0) is 23.0 Å². The lowest BCUT2D eigenvalue weighted by molar-refractivity contribution is 0.407. The average molecular weight is 238 g/mol. The van der Waals surface area contributed by atoms with Gasteiger partial charge in [-0.1, -0.05) is 81.5 Å². The van der Waals surface area contributed by atoms with Crippen molar-refractivity contribution in [3.05, 3.63) is 66.3 Å². The first kappa shape index (κ1) is 12.9. The third-order valence-electron chi connectivity index (χ3n) is 3.61. The van der Waals surface area contributed by atoms with E-state index in [0.29, 0.717) is 5.92 Å². The van der Waals surface area contributed by atoms with Crippen LogP contribution in [0.25, 0.3) is 5.57 Å². The van der Waals surface area contributed by atoms with Gasteiger partial charge in [0.1, 0.15) is 0 Å². The zero-order valence-electron chi connectivity index (χ0n) is 11.6. The number of hydrogen-bond donors (Lipinski definition) is 0. The van der Waals surface area contributed by atoms with E-state index in [1.807, 2.05) is 0 Å². The normalized spacial score (nSPS) is 22.2. The fraction of sp³-hybridized carbons (Fsp3) is 0.333. The number of allylic oxidation sites excluding steroid dienone is 6. The third kappa shape index (κ3) is 2.64. The highest BCUT2D eigenvalue weighted by atomic mass is 14.3. The molecule has 1 atom stereocenters. The van der Waals surface area contributed by atoms with Crippen molar-refractivity contribution in [2.75, 3.05) is 0 Å². The molecule has 0 aliphatic heterocycles. The van der Waals surface area contributed by atoms with E-state index in [9.17, 15) is 0 Å². The molecule has 0 nitrogen and oxygen atoms in total. The fourth-order valence-corrected chi connectivity index (χ4v) is 2.54. The lowest BCUT2D eigenvalue weighted by Crippen LogP contribution is -2.23. The topological polar surface area (TPSA) is 0 Å². The molecule has 0 N–H and O–H groups in total. The summed E-state index contributed by atoms with van der Waals surface area (Å²) in [5.74, 6) is 0.463. The van der Waals surface area contributed by atoms with Crippen molar-refractivity contribution < 1.29 is 0 Å². The summed E-state index contributed by atoms with van der Waals surface area (Å²) in [6, 6.07) is 10.7. The van der Waals surface area contributed by atoms with Crippen LogP contribution in [0.3, 0.4) is 0 Å². The first-order valence-electron chi connectivity index (χ1n) is 6.76. The van der Waals surface area contributed by atoms with Crippen LogP contribution < -0.4 is 0 Å². The maximum atomic E-state index is 2.36. The minimum absolute atomic E-state index is 0.186. The molecule has 1 aliphatic carbocycles. The molecule has 0 fully saturated rings. The van der Waals surface area contributed by atoms with Crippen LogP contribution in [0, 0.1) is 11.3 Å². The quantitative estimate of drug-likeness (QED) is 0.631. The first-order valence-corrected chi connectivity index (χ1v) is 6.76. The lowest BCUT2D eigenvalue weighted by atomic mass is 9.70. The lowest BCUT2D eigenvalue weighted by Gasteiger charge is -2.34. The molecule has 0 spiro atoms. The van der Waals surface area contributed by atoms with Gasteiger partial charge in [-0.15, -0.1) is 0 Å². The predicted octanol–water partition coefficient (Wildman–Crippen LogP) is 5.25. The molecule has 1 aromatic carbocycles. The summed E-state index contributed by atoms with van der Waals surface area (Å²) in [6.45, 7) is 6.81. The molecule has 0 heterocycles. The Bertz CT molecular complexity index is 472. The number of benzene rings is 1. The zero-order valence-corrected chi connectivity index (χ0v) is 11.6. The Morgan fingerprint density at radius 1 is 1.17 bits per heavy atom. The molecule has 0 amide bonds. The van der Waals surface area contributed by atoms with E-state index in [-0.39, 0.29) is 5.41 Å². The minimum atomic E-state index is 0.186. The second kappa shape index (κ2) is 5.39. The summed E-state index contributed by atoms with van der Waals surface area (Å²) >= 11 is 0. The van der Waals surface area contributed by atoms with E-state index in [1.54, 1.807) is 0 Å². The van der Waals surface area contributed by atoms with Gasteiger partial charge in [0.05, 0.1) is 0 Å². The molecule has 0 bridgehead atoms. The van der Waals surface area contributed by atoms with Gasteiger partial charge in [-0.2, -0.15) is 0 Å². The van der Waals surface area contributed by atoms with Crippen LogP contribution in [0.15, 0.2) is 60.7 Å². The second-order valence-corrected chi connectivity index (χ2v) is 5.48. The van der Waals surface area contributed by atoms with Crippen molar-refractivity contribution in [1.82, 2.24) is 0 Å². The van der Waals surface area contributed by atoms with Crippen molar-refractivity contribution in [2.45, 2.75) is 27.2 Å². The highest BCUT2D eigenvalue weighted by Crippen LogP contribution is 2.42. The monoisotopic (exact) mass is 238 g/mol. The summed E-state index contributed by atoms with van der Waals surface area (Å²) in [4.78, 5) is 0. The van der Waals surface area contributed by atoms with Gasteiger partial charge in [0.15, 0.2) is 0 Å². The Labute approximate surface area is 111 Å². The van der Waals surface area contributed by atoms with Gasteiger partial charge in [0.25, 0.3) is 0 Å². The maximum Gasteiger partial charge on any atom is 0.0110 e. The van der Waals surface area contributed by atoms with Gasteiger partial charge in [0.2, 0.25) is 0 Å². The number of rotatable bonds is 3. The molecule has 0 aromatic heterocycles. The summed E-state index contributed by atoms with van der Waals surface area (Å²) < 4.78 is 0. The van der Waals surface area contributed by atoms with E-state index in [2.05, 4.69) is 81.5 Å². The smallest absolute Gasteiger partial charge is 0.0110 e. The first-order chi connectivity index (χ1) is 8.65. The van der Waals surface area contributed by atoms with E-state index < -0.39 is 0 Å². The van der Waals surface area contributed by atoms with Crippen LogP contribution in [0.5, 0.6) is 0 Å². The van der Waals surface area contributed by atoms with Crippen LogP contribution in [0.4, 0.5) is 0 Å². The van der Waals surface area contributed by atoms with E-state index >= 15 is 0 Å².